The van der Waals surface area contributed by atoms with E-state index in [-0.39, 0.29) is 5.41 Å². The van der Waals surface area contributed by atoms with Crippen molar-refractivity contribution in [3.05, 3.63) is 34.9 Å². The highest BCUT2D eigenvalue weighted by Gasteiger charge is 2.26. The second kappa shape index (κ2) is 5.19. The number of hydrogen-bond donors (Lipinski definition) is 0. The van der Waals surface area contributed by atoms with Crippen LogP contribution in [0.1, 0.15) is 32.3 Å². The van der Waals surface area contributed by atoms with Crippen molar-refractivity contribution in [1.29, 1.82) is 5.26 Å². The normalized spacial score (nSPS) is 11.1. The highest BCUT2D eigenvalue weighted by Crippen LogP contribution is 2.32. The first-order chi connectivity index (χ1) is 7.17. The molecule has 0 saturated carbocycles. The molecule has 0 aliphatic carbocycles. The van der Waals surface area contributed by atoms with Crippen LogP contribution in [-0.2, 0) is 6.42 Å². The van der Waals surface area contributed by atoms with Crippen LogP contribution in [0.5, 0.6) is 0 Å². The maximum atomic E-state index is 9.24. The summed E-state index contributed by atoms with van der Waals surface area (Å²) >= 11 is 6.09. The highest BCUT2D eigenvalue weighted by atomic mass is 35.5. The van der Waals surface area contributed by atoms with Crippen LogP contribution in [0.4, 0.5) is 0 Å². The minimum absolute atomic E-state index is 0.259. The average molecular weight is 222 g/mol. The number of rotatable bonds is 4. The molecule has 0 spiro atoms. The van der Waals surface area contributed by atoms with Gasteiger partial charge in [-0.2, -0.15) is 5.26 Å². The number of nitriles is 1. The van der Waals surface area contributed by atoms with Gasteiger partial charge >= 0.3 is 0 Å². The number of nitrogens with zero attached hydrogens (tertiary/aromatic N) is 1. The largest absolute Gasteiger partial charge is 0.198 e. The Morgan fingerprint density at radius 3 is 2.33 bits per heavy atom. The highest BCUT2D eigenvalue weighted by molar-refractivity contribution is 6.31. The molecule has 0 saturated heterocycles. The van der Waals surface area contributed by atoms with Gasteiger partial charge in [0.05, 0.1) is 11.5 Å². The van der Waals surface area contributed by atoms with Crippen molar-refractivity contribution >= 4 is 11.6 Å². The number of benzene rings is 1. The van der Waals surface area contributed by atoms with Gasteiger partial charge in [-0.05, 0) is 30.9 Å². The summed E-state index contributed by atoms with van der Waals surface area (Å²) in [4.78, 5) is 0. The molecule has 2 heteroatoms. The molecule has 0 unspecified atom stereocenters. The first-order valence-corrected chi connectivity index (χ1v) is 5.70. The lowest BCUT2D eigenvalue weighted by Gasteiger charge is -2.23. The molecular formula is C13H16ClN. The summed E-state index contributed by atoms with van der Waals surface area (Å²) in [6.07, 6.45) is 2.48. The summed E-state index contributed by atoms with van der Waals surface area (Å²) in [6, 6.07) is 10.2. The average Bonchev–Trinajstić information content (AvgIpc) is 2.29. The van der Waals surface area contributed by atoms with Crippen LogP contribution < -0.4 is 0 Å². The van der Waals surface area contributed by atoms with E-state index in [0.717, 1.165) is 29.8 Å². The van der Waals surface area contributed by atoms with Gasteiger partial charge in [-0.3, -0.25) is 0 Å². The van der Waals surface area contributed by atoms with Crippen LogP contribution in [0, 0.1) is 16.7 Å². The lowest BCUT2D eigenvalue weighted by molar-refractivity contribution is 0.363. The SMILES string of the molecule is CCC(C#N)(CC)Cc1ccccc1Cl. The fraction of sp³-hybridized carbons (Fsp3) is 0.462. The molecule has 0 heterocycles. The predicted molar refractivity (Wildman–Crippen MR) is 63.8 cm³/mol. The van der Waals surface area contributed by atoms with Crippen LogP contribution in [0.3, 0.4) is 0 Å². The van der Waals surface area contributed by atoms with Crippen molar-refractivity contribution in [2.24, 2.45) is 5.41 Å². The molecular weight excluding hydrogens is 206 g/mol. The van der Waals surface area contributed by atoms with E-state index in [1.54, 1.807) is 0 Å². The van der Waals surface area contributed by atoms with Gasteiger partial charge < -0.3 is 0 Å². The number of hydrogen-bond acceptors (Lipinski definition) is 1. The second-order valence-electron chi connectivity index (χ2n) is 3.87. The molecule has 1 aromatic rings. The fourth-order valence-corrected chi connectivity index (χ4v) is 1.91. The molecule has 1 rings (SSSR count). The Labute approximate surface area is 96.7 Å². The zero-order valence-corrected chi connectivity index (χ0v) is 10.0. The van der Waals surface area contributed by atoms with Crippen LogP contribution >= 0.6 is 11.6 Å². The Bertz CT molecular complexity index is 361. The summed E-state index contributed by atoms with van der Waals surface area (Å²) < 4.78 is 0. The zero-order valence-electron chi connectivity index (χ0n) is 9.26. The van der Waals surface area contributed by atoms with Crippen molar-refractivity contribution in [2.75, 3.05) is 0 Å². The maximum Gasteiger partial charge on any atom is 0.0693 e. The summed E-state index contributed by atoms with van der Waals surface area (Å²) in [5.74, 6) is 0. The molecule has 0 amide bonds. The standard InChI is InChI=1S/C13H16ClN/c1-3-13(4-2,10-15)9-11-7-5-6-8-12(11)14/h5-8H,3-4,9H2,1-2H3. The Morgan fingerprint density at radius 1 is 1.27 bits per heavy atom. The molecule has 15 heavy (non-hydrogen) atoms. The van der Waals surface area contributed by atoms with Crippen molar-refractivity contribution in [1.82, 2.24) is 0 Å². The number of halogens is 1. The molecule has 80 valence electrons. The lowest BCUT2D eigenvalue weighted by Crippen LogP contribution is -2.19. The molecule has 0 aromatic heterocycles. The van der Waals surface area contributed by atoms with Crippen LogP contribution in [0.25, 0.3) is 0 Å². The zero-order chi connectivity index (χ0) is 11.3. The molecule has 0 aliphatic rings. The van der Waals surface area contributed by atoms with E-state index in [0.29, 0.717) is 0 Å². The molecule has 0 atom stereocenters. The van der Waals surface area contributed by atoms with Gasteiger partial charge in [0.2, 0.25) is 0 Å². The van der Waals surface area contributed by atoms with Crippen LogP contribution in [0.2, 0.25) is 5.02 Å². The summed E-state index contributed by atoms with van der Waals surface area (Å²) in [5, 5.41) is 10.00. The van der Waals surface area contributed by atoms with E-state index in [2.05, 4.69) is 19.9 Å². The van der Waals surface area contributed by atoms with Crippen LogP contribution in [-0.4, -0.2) is 0 Å². The molecule has 1 nitrogen and oxygen atoms in total. The minimum Gasteiger partial charge on any atom is -0.198 e. The van der Waals surface area contributed by atoms with Gasteiger partial charge in [-0.1, -0.05) is 43.6 Å². The van der Waals surface area contributed by atoms with Crippen LogP contribution in [0.15, 0.2) is 24.3 Å². The smallest absolute Gasteiger partial charge is 0.0693 e. The molecule has 0 fully saturated rings. The Kier molecular flexibility index (Phi) is 4.17. The molecule has 0 N–H and O–H groups in total. The monoisotopic (exact) mass is 221 g/mol. The Hall–Kier alpha value is -1.00. The van der Waals surface area contributed by atoms with Crippen molar-refractivity contribution in [3.8, 4) is 6.07 Å². The topological polar surface area (TPSA) is 23.8 Å². The third-order valence-electron chi connectivity index (χ3n) is 3.08. The van der Waals surface area contributed by atoms with Gasteiger partial charge in [0, 0.05) is 5.02 Å². The Balaban J connectivity index is 2.94. The maximum absolute atomic E-state index is 9.24. The second-order valence-corrected chi connectivity index (χ2v) is 4.27. The van der Waals surface area contributed by atoms with Gasteiger partial charge in [-0.15, -0.1) is 0 Å². The predicted octanol–water partition coefficient (Wildman–Crippen LogP) is 4.21. The molecule has 0 radical (unpaired) electrons. The molecule has 0 bridgehead atoms. The Morgan fingerprint density at radius 2 is 1.87 bits per heavy atom. The lowest BCUT2D eigenvalue weighted by atomic mass is 9.78. The summed E-state index contributed by atoms with van der Waals surface area (Å²) in [5.41, 5.74) is 0.815. The summed E-state index contributed by atoms with van der Waals surface area (Å²) in [7, 11) is 0. The van der Waals surface area contributed by atoms with Gasteiger partial charge in [-0.25, -0.2) is 0 Å². The van der Waals surface area contributed by atoms with E-state index in [1.807, 2.05) is 24.3 Å². The molecule has 1 aromatic carbocycles. The minimum atomic E-state index is -0.259. The third kappa shape index (κ3) is 2.73. The van der Waals surface area contributed by atoms with E-state index >= 15 is 0 Å². The first kappa shape index (κ1) is 12.1. The first-order valence-electron chi connectivity index (χ1n) is 5.32. The van der Waals surface area contributed by atoms with Gasteiger partial charge in [0.25, 0.3) is 0 Å². The third-order valence-corrected chi connectivity index (χ3v) is 3.45. The quantitative estimate of drug-likeness (QED) is 0.747. The van der Waals surface area contributed by atoms with Crippen molar-refractivity contribution in [3.63, 3.8) is 0 Å². The van der Waals surface area contributed by atoms with E-state index in [9.17, 15) is 5.26 Å². The summed E-state index contributed by atoms with van der Waals surface area (Å²) in [6.45, 7) is 4.12. The van der Waals surface area contributed by atoms with E-state index < -0.39 is 0 Å². The van der Waals surface area contributed by atoms with E-state index in [4.69, 9.17) is 11.6 Å². The van der Waals surface area contributed by atoms with Gasteiger partial charge in [0.15, 0.2) is 0 Å². The van der Waals surface area contributed by atoms with Crippen molar-refractivity contribution < 1.29 is 0 Å². The fourth-order valence-electron chi connectivity index (χ4n) is 1.70. The van der Waals surface area contributed by atoms with E-state index in [1.165, 1.54) is 0 Å². The van der Waals surface area contributed by atoms with Gasteiger partial charge in [0.1, 0.15) is 0 Å². The molecule has 0 aliphatic heterocycles. The van der Waals surface area contributed by atoms with Crippen molar-refractivity contribution in [2.45, 2.75) is 33.1 Å².